The number of rotatable bonds is 3. The fourth-order valence-electron chi connectivity index (χ4n) is 2.91. The van der Waals surface area contributed by atoms with Crippen LogP contribution in [0.25, 0.3) is 0 Å². The van der Waals surface area contributed by atoms with Crippen molar-refractivity contribution in [2.45, 2.75) is 47.0 Å². The zero-order chi connectivity index (χ0) is 18.9. The van der Waals surface area contributed by atoms with Crippen molar-refractivity contribution in [2.75, 3.05) is 7.11 Å². The lowest BCUT2D eigenvalue weighted by Crippen LogP contribution is -2.18. The normalized spacial score (nSPS) is 11.4. The Hall–Kier alpha value is -2.00. The van der Waals surface area contributed by atoms with Crippen molar-refractivity contribution in [1.29, 1.82) is 0 Å². The first-order chi connectivity index (χ1) is 11.6. The van der Waals surface area contributed by atoms with E-state index in [-0.39, 0.29) is 11.0 Å². The minimum Gasteiger partial charge on any atom is -0.496 e. The molecule has 3 nitrogen and oxygen atoms in total. The average molecular weight is 361 g/mol. The summed E-state index contributed by atoms with van der Waals surface area (Å²) < 4.78 is 11.2. The highest BCUT2D eigenvalue weighted by Gasteiger charge is 2.26. The molecule has 2 rings (SSSR count). The maximum atomic E-state index is 12.9. The van der Waals surface area contributed by atoms with Gasteiger partial charge in [-0.3, -0.25) is 0 Å². The molecule has 0 fully saturated rings. The summed E-state index contributed by atoms with van der Waals surface area (Å²) in [5, 5.41) is 0.314. The first-order valence-corrected chi connectivity index (χ1v) is 8.61. The predicted octanol–water partition coefficient (Wildman–Crippen LogP) is 5.79. The molecule has 0 saturated heterocycles. The standard InChI is InChI=1S/C21H25ClO3/c1-12-10-14(3)18(15(11-12)21(4,5)6)25-20(23)17-16(22)9-8-13(2)19(17)24-7/h8-11H,1-7H3. The van der Waals surface area contributed by atoms with E-state index in [1.807, 2.05) is 32.9 Å². The topological polar surface area (TPSA) is 35.5 Å². The molecule has 25 heavy (non-hydrogen) atoms. The van der Waals surface area contributed by atoms with Gasteiger partial charge >= 0.3 is 5.97 Å². The smallest absolute Gasteiger partial charge is 0.348 e. The quantitative estimate of drug-likeness (QED) is 0.513. The fraction of sp³-hybridized carbons (Fsp3) is 0.381. The highest BCUT2D eigenvalue weighted by Crippen LogP contribution is 2.37. The molecule has 0 radical (unpaired) electrons. The highest BCUT2D eigenvalue weighted by atomic mass is 35.5. The summed E-state index contributed by atoms with van der Waals surface area (Å²) in [7, 11) is 1.52. The summed E-state index contributed by atoms with van der Waals surface area (Å²) in [6.45, 7) is 12.1. The lowest BCUT2D eigenvalue weighted by molar-refractivity contribution is 0.0727. The molecule has 0 N–H and O–H groups in total. The molecule has 0 unspecified atom stereocenters. The molecule has 0 saturated carbocycles. The monoisotopic (exact) mass is 360 g/mol. The van der Waals surface area contributed by atoms with Gasteiger partial charge in [-0.2, -0.15) is 0 Å². The second kappa shape index (κ2) is 7.09. The lowest BCUT2D eigenvalue weighted by Gasteiger charge is -2.24. The van der Waals surface area contributed by atoms with Gasteiger partial charge in [0, 0.05) is 5.56 Å². The van der Waals surface area contributed by atoms with Crippen molar-refractivity contribution >= 4 is 17.6 Å². The minimum absolute atomic E-state index is 0.160. The Morgan fingerprint density at radius 3 is 2.20 bits per heavy atom. The summed E-state index contributed by atoms with van der Waals surface area (Å²) in [6.07, 6.45) is 0. The van der Waals surface area contributed by atoms with Gasteiger partial charge < -0.3 is 9.47 Å². The van der Waals surface area contributed by atoms with Crippen LogP contribution in [0.15, 0.2) is 24.3 Å². The van der Waals surface area contributed by atoms with Gasteiger partial charge in [0.25, 0.3) is 0 Å². The number of hydrogen-bond donors (Lipinski definition) is 0. The zero-order valence-corrected chi connectivity index (χ0v) is 16.7. The Kier molecular flexibility index (Phi) is 5.48. The summed E-state index contributed by atoms with van der Waals surface area (Å²) in [5.41, 5.74) is 3.96. The van der Waals surface area contributed by atoms with E-state index >= 15 is 0 Å². The molecule has 0 spiro atoms. The van der Waals surface area contributed by atoms with E-state index in [1.165, 1.54) is 7.11 Å². The maximum absolute atomic E-state index is 12.9. The van der Waals surface area contributed by atoms with Crippen molar-refractivity contribution in [3.8, 4) is 11.5 Å². The zero-order valence-electron chi connectivity index (χ0n) is 15.9. The first kappa shape index (κ1) is 19.3. The SMILES string of the molecule is COc1c(C)ccc(Cl)c1C(=O)Oc1c(C)cc(C)cc1C(C)(C)C. The molecule has 0 bridgehead atoms. The van der Waals surface area contributed by atoms with Crippen molar-refractivity contribution in [1.82, 2.24) is 0 Å². The van der Waals surface area contributed by atoms with Crippen molar-refractivity contribution in [2.24, 2.45) is 0 Å². The van der Waals surface area contributed by atoms with Crippen LogP contribution in [0.4, 0.5) is 0 Å². The van der Waals surface area contributed by atoms with Gasteiger partial charge in [-0.1, -0.05) is 56.1 Å². The number of halogens is 1. The van der Waals surface area contributed by atoms with Crippen LogP contribution in [-0.2, 0) is 5.41 Å². The number of esters is 1. The van der Waals surface area contributed by atoms with Gasteiger partial charge in [0.1, 0.15) is 17.1 Å². The van der Waals surface area contributed by atoms with Gasteiger partial charge in [-0.05, 0) is 43.4 Å². The van der Waals surface area contributed by atoms with Gasteiger partial charge in [0.15, 0.2) is 0 Å². The molecular weight excluding hydrogens is 336 g/mol. The number of methoxy groups -OCH3 is 1. The van der Waals surface area contributed by atoms with Crippen LogP contribution in [0.3, 0.4) is 0 Å². The third kappa shape index (κ3) is 3.98. The summed E-state index contributed by atoms with van der Waals surface area (Å²) in [6, 6.07) is 7.57. The van der Waals surface area contributed by atoms with Gasteiger partial charge in [-0.25, -0.2) is 4.79 Å². The molecule has 134 valence electrons. The van der Waals surface area contributed by atoms with Gasteiger partial charge in [0.2, 0.25) is 0 Å². The molecule has 4 heteroatoms. The molecule has 0 aliphatic carbocycles. The number of benzene rings is 2. The molecule has 2 aromatic rings. The fourth-order valence-corrected chi connectivity index (χ4v) is 3.13. The van der Waals surface area contributed by atoms with Crippen LogP contribution in [0.2, 0.25) is 5.02 Å². The Balaban J connectivity index is 2.55. The molecule has 0 heterocycles. The van der Waals surface area contributed by atoms with E-state index < -0.39 is 5.97 Å². The van der Waals surface area contributed by atoms with E-state index in [0.29, 0.717) is 16.5 Å². The number of hydrogen-bond acceptors (Lipinski definition) is 3. The summed E-state index contributed by atoms with van der Waals surface area (Å²) in [4.78, 5) is 12.9. The van der Waals surface area contributed by atoms with E-state index in [0.717, 1.165) is 22.3 Å². The second-order valence-corrected chi connectivity index (χ2v) is 7.78. The van der Waals surface area contributed by atoms with Crippen molar-refractivity contribution in [3.63, 3.8) is 0 Å². The van der Waals surface area contributed by atoms with Gasteiger partial charge in [0.05, 0.1) is 12.1 Å². The summed E-state index contributed by atoms with van der Waals surface area (Å²) >= 11 is 6.26. The van der Waals surface area contributed by atoms with Gasteiger partial charge in [-0.15, -0.1) is 0 Å². The number of aryl methyl sites for hydroxylation is 3. The largest absolute Gasteiger partial charge is 0.496 e. The Morgan fingerprint density at radius 2 is 1.64 bits per heavy atom. The van der Waals surface area contributed by atoms with Crippen molar-refractivity contribution in [3.05, 3.63) is 57.1 Å². The third-order valence-corrected chi connectivity index (χ3v) is 4.45. The van der Waals surface area contributed by atoms with Crippen molar-refractivity contribution < 1.29 is 14.3 Å². The highest BCUT2D eigenvalue weighted by molar-refractivity contribution is 6.34. The van der Waals surface area contributed by atoms with Crippen LogP contribution in [0.1, 0.15) is 53.4 Å². The molecule has 0 aliphatic heterocycles. The second-order valence-electron chi connectivity index (χ2n) is 7.37. The van der Waals surface area contributed by atoms with E-state index in [1.54, 1.807) is 6.07 Å². The number of carbonyl (C=O) groups is 1. The maximum Gasteiger partial charge on any atom is 0.348 e. The first-order valence-electron chi connectivity index (χ1n) is 8.23. The molecular formula is C21H25ClO3. The number of ether oxygens (including phenoxy) is 2. The number of carbonyl (C=O) groups excluding carboxylic acids is 1. The molecule has 0 atom stereocenters. The van der Waals surface area contributed by atoms with Crippen LogP contribution >= 0.6 is 11.6 Å². The predicted molar refractivity (Wildman–Crippen MR) is 102 cm³/mol. The van der Waals surface area contributed by atoms with Crippen LogP contribution in [0, 0.1) is 20.8 Å². The Bertz CT molecular complexity index is 817. The average Bonchev–Trinajstić information content (AvgIpc) is 2.50. The third-order valence-electron chi connectivity index (χ3n) is 4.13. The molecule has 0 amide bonds. The van der Waals surface area contributed by atoms with E-state index in [2.05, 4.69) is 26.8 Å². The van der Waals surface area contributed by atoms with E-state index in [4.69, 9.17) is 21.1 Å². The lowest BCUT2D eigenvalue weighted by atomic mass is 9.84. The Morgan fingerprint density at radius 1 is 1.00 bits per heavy atom. The van der Waals surface area contributed by atoms with Crippen LogP contribution in [-0.4, -0.2) is 13.1 Å². The van der Waals surface area contributed by atoms with Crippen LogP contribution in [0.5, 0.6) is 11.5 Å². The minimum atomic E-state index is -0.511. The molecule has 0 aliphatic rings. The Labute approximate surface area is 154 Å². The molecule has 0 aromatic heterocycles. The summed E-state index contributed by atoms with van der Waals surface area (Å²) in [5.74, 6) is 0.519. The van der Waals surface area contributed by atoms with Crippen LogP contribution < -0.4 is 9.47 Å². The van der Waals surface area contributed by atoms with E-state index in [9.17, 15) is 4.79 Å². The molecule has 2 aromatic carbocycles.